The molecule has 0 spiro atoms. The average Bonchev–Trinajstić information content (AvgIpc) is 2.65. The molecule has 2 amide bonds. The number of hydrogen-bond acceptors (Lipinski definition) is 3. The van der Waals surface area contributed by atoms with Crippen molar-refractivity contribution in [3.8, 4) is 0 Å². The van der Waals surface area contributed by atoms with E-state index in [1.165, 1.54) is 11.0 Å². The van der Waals surface area contributed by atoms with Crippen LogP contribution in [0.15, 0.2) is 42.5 Å². The Bertz CT molecular complexity index is 819. The number of nitrogens with zero attached hydrogens (tertiary/aromatic N) is 2. The van der Waals surface area contributed by atoms with Gasteiger partial charge in [-0.05, 0) is 24.3 Å². The first-order valence-corrected chi connectivity index (χ1v) is 8.76. The molecule has 26 heavy (non-hydrogen) atoms. The van der Waals surface area contributed by atoms with Crippen LogP contribution in [-0.4, -0.2) is 42.9 Å². The van der Waals surface area contributed by atoms with E-state index in [1.54, 1.807) is 36.4 Å². The largest absolute Gasteiger partial charge is 0.366 e. The maximum atomic E-state index is 13.9. The zero-order chi connectivity index (χ0) is 18.7. The Morgan fingerprint density at radius 1 is 0.923 bits per heavy atom. The number of nitrogens with one attached hydrogen (secondary N) is 1. The fourth-order valence-electron chi connectivity index (χ4n) is 2.79. The zero-order valence-corrected chi connectivity index (χ0v) is 15.2. The van der Waals surface area contributed by atoms with Gasteiger partial charge in [0.2, 0.25) is 0 Å². The molecule has 0 atom stereocenters. The number of rotatable bonds is 2. The average molecular weight is 396 g/mol. The number of carbonyl (C=O) groups excluding carboxylic acids is 2. The first kappa shape index (κ1) is 18.5. The molecule has 0 unspecified atom stereocenters. The molecule has 0 bridgehead atoms. The van der Waals surface area contributed by atoms with E-state index in [4.69, 9.17) is 23.2 Å². The molecule has 0 saturated carbocycles. The summed E-state index contributed by atoms with van der Waals surface area (Å²) in [5.74, 6) is -1.79. The lowest BCUT2D eigenvalue weighted by atomic mass is 10.2. The smallest absolute Gasteiger partial charge is 0.313 e. The molecule has 8 heteroatoms. The maximum Gasteiger partial charge on any atom is 0.313 e. The van der Waals surface area contributed by atoms with Crippen LogP contribution in [-0.2, 0) is 9.59 Å². The number of halogens is 3. The SMILES string of the molecule is O=C(Nc1c(Cl)cccc1Cl)C(=O)N1CCN(c2ccccc2F)CC1. The van der Waals surface area contributed by atoms with Crippen molar-refractivity contribution in [3.05, 3.63) is 58.3 Å². The number of piperazine rings is 1. The second-order valence-electron chi connectivity index (χ2n) is 5.78. The molecular formula is C18H16Cl2FN3O2. The molecule has 1 heterocycles. The summed E-state index contributed by atoms with van der Waals surface area (Å²) in [6, 6.07) is 11.3. The molecule has 1 aliphatic heterocycles. The second kappa shape index (κ2) is 7.93. The first-order chi connectivity index (χ1) is 12.5. The molecule has 0 aliphatic carbocycles. The van der Waals surface area contributed by atoms with Crippen molar-refractivity contribution in [3.63, 3.8) is 0 Å². The number of hydrogen-bond donors (Lipinski definition) is 1. The van der Waals surface area contributed by atoms with Crippen LogP contribution < -0.4 is 10.2 Å². The molecule has 5 nitrogen and oxygen atoms in total. The highest BCUT2D eigenvalue weighted by Gasteiger charge is 2.27. The topological polar surface area (TPSA) is 52.7 Å². The van der Waals surface area contributed by atoms with Crippen LogP contribution in [0.4, 0.5) is 15.8 Å². The van der Waals surface area contributed by atoms with Crippen molar-refractivity contribution in [1.29, 1.82) is 0 Å². The van der Waals surface area contributed by atoms with Gasteiger partial charge in [0.25, 0.3) is 0 Å². The predicted octanol–water partition coefficient (Wildman–Crippen LogP) is 3.42. The van der Waals surface area contributed by atoms with Gasteiger partial charge in [-0.1, -0.05) is 41.4 Å². The quantitative estimate of drug-likeness (QED) is 0.792. The van der Waals surface area contributed by atoms with Gasteiger partial charge in [-0.2, -0.15) is 0 Å². The lowest BCUT2D eigenvalue weighted by molar-refractivity contribution is -0.143. The Balaban J connectivity index is 1.61. The van der Waals surface area contributed by atoms with Crippen molar-refractivity contribution in [2.45, 2.75) is 0 Å². The minimum absolute atomic E-state index is 0.208. The molecule has 1 aliphatic rings. The number of amides is 2. The molecular weight excluding hydrogens is 380 g/mol. The number of para-hydroxylation sites is 2. The van der Waals surface area contributed by atoms with E-state index >= 15 is 0 Å². The van der Waals surface area contributed by atoms with Gasteiger partial charge in [0.15, 0.2) is 0 Å². The van der Waals surface area contributed by atoms with E-state index in [-0.39, 0.29) is 21.5 Å². The number of anilines is 2. The van der Waals surface area contributed by atoms with E-state index in [2.05, 4.69) is 5.32 Å². The fourth-order valence-corrected chi connectivity index (χ4v) is 3.28. The highest BCUT2D eigenvalue weighted by Crippen LogP contribution is 2.29. The van der Waals surface area contributed by atoms with Crippen molar-refractivity contribution in [2.24, 2.45) is 0 Å². The summed E-state index contributed by atoms with van der Waals surface area (Å²) < 4.78 is 13.9. The van der Waals surface area contributed by atoms with Gasteiger partial charge in [0.1, 0.15) is 5.82 Å². The summed E-state index contributed by atoms with van der Waals surface area (Å²) in [5, 5.41) is 2.97. The molecule has 2 aromatic carbocycles. The van der Waals surface area contributed by atoms with Gasteiger partial charge < -0.3 is 15.1 Å². The van der Waals surface area contributed by atoms with E-state index in [9.17, 15) is 14.0 Å². The van der Waals surface area contributed by atoms with Crippen LogP contribution in [0.3, 0.4) is 0 Å². The van der Waals surface area contributed by atoms with Crippen LogP contribution in [0, 0.1) is 5.82 Å². The number of carbonyl (C=O) groups is 2. The predicted molar refractivity (Wildman–Crippen MR) is 100 cm³/mol. The highest BCUT2D eigenvalue weighted by atomic mass is 35.5. The molecule has 3 rings (SSSR count). The lowest BCUT2D eigenvalue weighted by Crippen LogP contribution is -2.51. The molecule has 1 fully saturated rings. The third kappa shape index (κ3) is 3.92. The first-order valence-electron chi connectivity index (χ1n) is 8.01. The Labute approximate surface area is 160 Å². The molecule has 0 aromatic heterocycles. The maximum absolute atomic E-state index is 13.9. The molecule has 1 saturated heterocycles. The van der Waals surface area contributed by atoms with Gasteiger partial charge >= 0.3 is 11.8 Å². The van der Waals surface area contributed by atoms with Gasteiger partial charge in [-0.25, -0.2) is 4.39 Å². The van der Waals surface area contributed by atoms with Gasteiger partial charge in [-0.15, -0.1) is 0 Å². The van der Waals surface area contributed by atoms with Crippen molar-refractivity contribution < 1.29 is 14.0 Å². The van der Waals surface area contributed by atoms with E-state index in [0.29, 0.717) is 31.9 Å². The van der Waals surface area contributed by atoms with Crippen molar-refractivity contribution in [1.82, 2.24) is 4.90 Å². The summed E-state index contributed by atoms with van der Waals surface area (Å²) in [4.78, 5) is 27.9. The lowest BCUT2D eigenvalue weighted by Gasteiger charge is -2.35. The fraction of sp³-hybridized carbons (Fsp3) is 0.222. The van der Waals surface area contributed by atoms with Gasteiger partial charge in [-0.3, -0.25) is 9.59 Å². The van der Waals surface area contributed by atoms with Crippen molar-refractivity contribution >= 4 is 46.4 Å². The Morgan fingerprint density at radius 3 is 2.15 bits per heavy atom. The standard InChI is InChI=1S/C18H16Cl2FN3O2/c19-12-4-3-5-13(20)16(12)22-17(25)18(26)24-10-8-23(9-11-24)15-7-2-1-6-14(15)21/h1-7H,8-11H2,(H,22,25). The zero-order valence-electron chi connectivity index (χ0n) is 13.7. The summed E-state index contributed by atoms with van der Waals surface area (Å²) in [6.45, 7) is 1.51. The van der Waals surface area contributed by atoms with Crippen LogP contribution in [0.1, 0.15) is 0 Å². The normalized spacial score (nSPS) is 14.3. The Kier molecular flexibility index (Phi) is 5.64. The number of benzene rings is 2. The van der Waals surface area contributed by atoms with Crippen LogP contribution in [0.5, 0.6) is 0 Å². The minimum atomic E-state index is -0.806. The minimum Gasteiger partial charge on any atom is -0.366 e. The van der Waals surface area contributed by atoms with Gasteiger partial charge in [0.05, 0.1) is 21.4 Å². The van der Waals surface area contributed by atoms with Crippen molar-refractivity contribution in [2.75, 3.05) is 36.4 Å². The monoisotopic (exact) mass is 395 g/mol. The Hall–Kier alpha value is -2.31. The second-order valence-corrected chi connectivity index (χ2v) is 6.60. The van der Waals surface area contributed by atoms with E-state index < -0.39 is 11.8 Å². The Morgan fingerprint density at radius 2 is 1.54 bits per heavy atom. The third-order valence-corrected chi connectivity index (χ3v) is 4.79. The van der Waals surface area contributed by atoms with Gasteiger partial charge in [0, 0.05) is 26.2 Å². The molecule has 2 aromatic rings. The summed E-state index contributed by atoms with van der Waals surface area (Å²) in [6.07, 6.45) is 0. The summed E-state index contributed by atoms with van der Waals surface area (Å²) >= 11 is 12.0. The van der Waals surface area contributed by atoms with Crippen LogP contribution in [0.2, 0.25) is 10.0 Å². The summed E-state index contributed by atoms with van der Waals surface area (Å²) in [5.41, 5.74) is 0.700. The third-order valence-electron chi connectivity index (χ3n) is 4.16. The molecule has 0 radical (unpaired) electrons. The molecule has 1 N–H and O–H groups in total. The highest BCUT2D eigenvalue weighted by molar-refractivity contribution is 6.44. The van der Waals surface area contributed by atoms with E-state index in [1.807, 2.05) is 4.90 Å². The van der Waals surface area contributed by atoms with Crippen LogP contribution >= 0.6 is 23.2 Å². The summed E-state index contributed by atoms with van der Waals surface area (Å²) in [7, 11) is 0. The van der Waals surface area contributed by atoms with Crippen LogP contribution in [0.25, 0.3) is 0 Å². The van der Waals surface area contributed by atoms with E-state index in [0.717, 1.165) is 0 Å². The molecule has 136 valence electrons.